The molecule has 0 atom stereocenters. The van der Waals surface area contributed by atoms with Gasteiger partial charge >= 0.3 is 0 Å². The first kappa shape index (κ1) is 27.9. The van der Waals surface area contributed by atoms with Crippen molar-refractivity contribution >= 4 is 16.9 Å². The van der Waals surface area contributed by atoms with E-state index in [9.17, 15) is 4.79 Å². The maximum Gasteiger partial charge on any atom is 0.272 e. The molecule has 0 aliphatic rings. The predicted molar refractivity (Wildman–Crippen MR) is 150 cm³/mol. The Balaban J connectivity index is 1.38. The lowest BCUT2D eigenvalue weighted by Crippen LogP contribution is -2.28. The molecule has 2 aromatic heterocycles. The number of amides is 1. The molecule has 5 heteroatoms. The van der Waals surface area contributed by atoms with Crippen LogP contribution in [0.25, 0.3) is 11.0 Å². The standard InChI is InChI=1S/C31H46N4O/c1-3-4-5-6-7-8-9-10-11-12-13-14-15-20-25-35-29-23-17-16-21-27(29)33-30(35)26-34(2)31(36)28-22-18-19-24-32-28/h16-19,21-24H,3-15,20,25-26H2,1-2H3. The summed E-state index contributed by atoms with van der Waals surface area (Å²) in [5, 5.41) is 0. The Morgan fingerprint density at radius 1 is 0.778 bits per heavy atom. The van der Waals surface area contributed by atoms with Crippen LogP contribution in [0.2, 0.25) is 0 Å². The second kappa shape index (κ2) is 16.1. The molecule has 3 aromatic rings. The van der Waals surface area contributed by atoms with E-state index in [4.69, 9.17) is 4.98 Å². The van der Waals surface area contributed by atoms with Gasteiger partial charge in [0.15, 0.2) is 0 Å². The molecule has 0 aliphatic heterocycles. The van der Waals surface area contributed by atoms with Crippen molar-refractivity contribution in [1.29, 1.82) is 0 Å². The van der Waals surface area contributed by atoms with Gasteiger partial charge in [-0.15, -0.1) is 0 Å². The van der Waals surface area contributed by atoms with E-state index in [1.165, 1.54) is 83.5 Å². The zero-order valence-electron chi connectivity index (χ0n) is 22.6. The summed E-state index contributed by atoms with van der Waals surface area (Å²) < 4.78 is 2.30. The first-order valence-corrected chi connectivity index (χ1v) is 14.3. The van der Waals surface area contributed by atoms with Crippen molar-refractivity contribution in [1.82, 2.24) is 19.4 Å². The maximum absolute atomic E-state index is 12.8. The normalized spacial score (nSPS) is 11.3. The van der Waals surface area contributed by atoms with Crippen LogP contribution in [0.4, 0.5) is 0 Å². The molecule has 0 bridgehead atoms. The third kappa shape index (κ3) is 9.07. The van der Waals surface area contributed by atoms with Gasteiger partial charge in [-0.2, -0.15) is 0 Å². The van der Waals surface area contributed by atoms with Gasteiger partial charge in [-0.05, 0) is 30.7 Å². The SMILES string of the molecule is CCCCCCCCCCCCCCCCn1c(CN(C)C(=O)c2ccccn2)nc2ccccc21. The van der Waals surface area contributed by atoms with Gasteiger partial charge in [0.25, 0.3) is 5.91 Å². The second-order valence-corrected chi connectivity index (χ2v) is 10.1. The van der Waals surface area contributed by atoms with Gasteiger partial charge in [0.1, 0.15) is 11.5 Å². The molecule has 0 spiro atoms. The van der Waals surface area contributed by atoms with Crippen LogP contribution in [-0.4, -0.2) is 32.4 Å². The number of pyridine rings is 1. The Kier molecular flexibility index (Phi) is 12.5. The first-order chi connectivity index (χ1) is 17.7. The molecule has 0 radical (unpaired) electrons. The summed E-state index contributed by atoms with van der Waals surface area (Å²) in [5.41, 5.74) is 2.62. The average molecular weight is 491 g/mol. The number of rotatable bonds is 18. The molecule has 1 aromatic carbocycles. The second-order valence-electron chi connectivity index (χ2n) is 10.1. The number of aryl methyl sites for hydroxylation is 1. The number of carbonyl (C=O) groups excluding carboxylic acids is 1. The van der Waals surface area contributed by atoms with E-state index in [1.54, 1.807) is 17.2 Å². The lowest BCUT2D eigenvalue weighted by Gasteiger charge is -2.17. The molecule has 36 heavy (non-hydrogen) atoms. The van der Waals surface area contributed by atoms with E-state index < -0.39 is 0 Å². The molecule has 0 aliphatic carbocycles. The molecule has 0 saturated heterocycles. The van der Waals surface area contributed by atoms with Gasteiger partial charge in [0, 0.05) is 19.8 Å². The summed E-state index contributed by atoms with van der Waals surface area (Å²) in [6, 6.07) is 13.7. The average Bonchev–Trinajstić information content (AvgIpc) is 3.25. The van der Waals surface area contributed by atoms with Gasteiger partial charge in [-0.1, -0.05) is 109 Å². The Hall–Kier alpha value is -2.69. The lowest BCUT2D eigenvalue weighted by atomic mass is 10.0. The highest BCUT2D eigenvalue weighted by molar-refractivity contribution is 5.92. The Bertz CT molecular complexity index is 1010. The van der Waals surface area contributed by atoms with Crippen molar-refractivity contribution in [2.45, 2.75) is 110 Å². The molecule has 0 saturated carbocycles. The Labute approximate surface area is 218 Å². The molecular weight excluding hydrogens is 444 g/mol. The highest BCUT2D eigenvalue weighted by Crippen LogP contribution is 2.19. The van der Waals surface area contributed by atoms with Gasteiger partial charge in [-0.3, -0.25) is 9.78 Å². The number of imidazole rings is 1. The topological polar surface area (TPSA) is 51.0 Å². The third-order valence-electron chi connectivity index (χ3n) is 7.08. The van der Waals surface area contributed by atoms with Crippen molar-refractivity contribution in [3.05, 3.63) is 60.2 Å². The molecule has 196 valence electrons. The Morgan fingerprint density at radius 3 is 1.97 bits per heavy atom. The first-order valence-electron chi connectivity index (χ1n) is 14.3. The van der Waals surface area contributed by atoms with E-state index in [-0.39, 0.29) is 5.91 Å². The number of fused-ring (bicyclic) bond motifs is 1. The zero-order chi connectivity index (χ0) is 25.4. The van der Waals surface area contributed by atoms with Crippen LogP contribution in [0, 0.1) is 0 Å². The molecule has 5 nitrogen and oxygen atoms in total. The fraction of sp³-hybridized carbons (Fsp3) is 0.581. The van der Waals surface area contributed by atoms with Gasteiger partial charge in [0.05, 0.1) is 17.6 Å². The fourth-order valence-corrected chi connectivity index (χ4v) is 4.93. The van der Waals surface area contributed by atoms with E-state index in [0.29, 0.717) is 12.2 Å². The Morgan fingerprint density at radius 2 is 1.36 bits per heavy atom. The van der Waals surface area contributed by atoms with Gasteiger partial charge in [-0.25, -0.2) is 4.98 Å². The van der Waals surface area contributed by atoms with Crippen LogP contribution in [0.15, 0.2) is 48.7 Å². The molecular formula is C31H46N4O. The van der Waals surface area contributed by atoms with Crippen LogP contribution in [0.5, 0.6) is 0 Å². The minimum atomic E-state index is -0.0781. The van der Waals surface area contributed by atoms with E-state index in [2.05, 4.69) is 34.7 Å². The largest absolute Gasteiger partial charge is 0.333 e. The summed E-state index contributed by atoms with van der Waals surface area (Å²) in [4.78, 5) is 23.6. The molecule has 0 fully saturated rings. The predicted octanol–water partition coefficient (Wildman–Crippen LogP) is 8.18. The summed E-state index contributed by atoms with van der Waals surface area (Å²) in [7, 11) is 1.83. The number of carbonyl (C=O) groups is 1. The number of nitrogens with zero attached hydrogens (tertiary/aromatic N) is 4. The third-order valence-corrected chi connectivity index (χ3v) is 7.08. The number of hydrogen-bond acceptors (Lipinski definition) is 3. The summed E-state index contributed by atoms with van der Waals surface area (Å²) in [5.74, 6) is 0.864. The van der Waals surface area contributed by atoms with Crippen LogP contribution in [0.3, 0.4) is 0 Å². The van der Waals surface area contributed by atoms with Crippen LogP contribution in [-0.2, 0) is 13.1 Å². The van der Waals surface area contributed by atoms with Crippen molar-refractivity contribution in [2.24, 2.45) is 0 Å². The molecule has 0 unspecified atom stereocenters. The zero-order valence-corrected chi connectivity index (χ0v) is 22.6. The van der Waals surface area contributed by atoms with Crippen molar-refractivity contribution in [3.8, 4) is 0 Å². The monoisotopic (exact) mass is 490 g/mol. The number of aromatic nitrogens is 3. The fourth-order valence-electron chi connectivity index (χ4n) is 4.93. The smallest absolute Gasteiger partial charge is 0.272 e. The molecule has 1 amide bonds. The van der Waals surface area contributed by atoms with E-state index in [1.807, 2.05) is 25.2 Å². The van der Waals surface area contributed by atoms with Gasteiger partial charge in [0.2, 0.25) is 0 Å². The number of benzene rings is 1. The number of para-hydroxylation sites is 2. The summed E-state index contributed by atoms with van der Waals surface area (Å²) in [6.45, 7) is 3.70. The van der Waals surface area contributed by atoms with E-state index in [0.717, 1.165) is 29.8 Å². The maximum atomic E-state index is 12.8. The number of unbranched alkanes of at least 4 members (excludes halogenated alkanes) is 13. The molecule has 2 heterocycles. The lowest BCUT2D eigenvalue weighted by molar-refractivity contribution is 0.0774. The van der Waals surface area contributed by atoms with Crippen LogP contribution >= 0.6 is 0 Å². The minimum absolute atomic E-state index is 0.0781. The van der Waals surface area contributed by atoms with Crippen molar-refractivity contribution < 1.29 is 4.79 Å². The highest BCUT2D eigenvalue weighted by Gasteiger charge is 2.17. The van der Waals surface area contributed by atoms with Crippen molar-refractivity contribution in [3.63, 3.8) is 0 Å². The van der Waals surface area contributed by atoms with Crippen molar-refractivity contribution in [2.75, 3.05) is 7.05 Å². The minimum Gasteiger partial charge on any atom is -0.333 e. The quantitative estimate of drug-likeness (QED) is 0.169. The highest BCUT2D eigenvalue weighted by atomic mass is 16.2. The van der Waals surface area contributed by atoms with E-state index >= 15 is 0 Å². The van der Waals surface area contributed by atoms with Gasteiger partial charge < -0.3 is 9.47 Å². The molecule has 0 N–H and O–H groups in total. The summed E-state index contributed by atoms with van der Waals surface area (Å²) >= 11 is 0. The van der Waals surface area contributed by atoms with Crippen LogP contribution in [0.1, 0.15) is 113 Å². The summed E-state index contributed by atoms with van der Waals surface area (Å²) in [6.07, 6.45) is 20.7. The number of hydrogen-bond donors (Lipinski definition) is 0. The molecule has 3 rings (SSSR count). The van der Waals surface area contributed by atoms with Crippen LogP contribution < -0.4 is 0 Å².